The van der Waals surface area contributed by atoms with Crippen molar-refractivity contribution in [3.05, 3.63) is 42.0 Å². The number of benzene rings is 1. The van der Waals surface area contributed by atoms with Gasteiger partial charge in [0.2, 0.25) is 11.8 Å². The summed E-state index contributed by atoms with van der Waals surface area (Å²) < 4.78 is 22.6. The number of rotatable bonds is 13. The molecular weight excluding hydrogens is 482 g/mol. The fraction of sp³-hybridized carbons (Fsp3) is 0.556. The molecule has 0 bridgehead atoms. The van der Waals surface area contributed by atoms with Gasteiger partial charge in [0, 0.05) is 19.2 Å². The average Bonchev–Trinajstić information content (AvgIpc) is 3.14. The molecule has 0 radical (unpaired) electrons. The summed E-state index contributed by atoms with van der Waals surface area (Å²) in [5, 5.41) is 19.0. The SMILES string of the molecule is COC(C)(C)CCOC(C)(C)CCC(C)(C)C(=O)Oc1ccc(COC(=O)On2c(O)ccc2O)cc1. The standard InChI is InChI=1S/C27H39NO9/c1-25(2,14-15-27(5,6)35-17-16-26(3,4)33-7)23(31)36-20-10-8-19(9-11-20)18-34-24(32)37-28-21(29)12-13-22(28)30/h8-13,29-30H,14-18H2,1-7H3. The molecule has 0 saturated carbocycles. The lowest BCUT2D eigenvalue weighted by Gasteiger charge is -2.31. The third-order valence-corrected chi connectivity index (χ3v) is 6.11. The molecule has 2 N–H and O–H groups in total. The van der Waals surface area contributed by atoms with Gasteiger partial charge in [-0.3, -0.25) is 9.63 Å². The van der Waals surface area contributed by atoms with Crippen LogP contribution in [0.15, 0.2) is 36.4 Å². The molecule has 0 atom stereocenters. The van der Waals surface area contributed by atoms with Crippen molar-refractivity contribution in [1.82, 2.24) is 4.73 Å². The van der Waals surface area contributed by atoms with Crippen molar-refractivity contribution >= 4 is 12.1 Å². The van der Waals surface area contributed by atoms with Gasteiger partial charge in [-0.2, -0.15) is 0 Å². The van der Waals surface area contributed by atoms with Crippen LogP contribution in [0.3, 0.4) is 0 Å². The summed E-state index contributed by atoms with van der Waals surface area (Å²) >= 11 is 0. The number of carbonyl (C=O) groups excluding carboxylic acids is 2. The summed E-state index contributed by atoms with van der Waals surface area (Å²) in [5.41, 5.74) is -0.759. The Morgan fingerprint density at radius 1 is 0.838 bits per heavy atom. The summed E-state index contributed by atoms with van der Waals surface area (Å²) in [6, 6.07) is 8.81. The van der Waals surface area contributed by atoms with Gasteiger partial charge < -0.3 is 29.2 Å². The number of aromatic hydroxyl groups is 2. The molecule has 1 aromatic carbocycles. The quantitative estimate of drug-likeness (QED) is 0.277. The molecule has 1 heterocycles. The predicted molar refractivity (Wildman–Crippen MR) is 135 cm³/mol. The first kappa shape index (κ1) is 30.0. The summed E-state index contributed by atoms with van der Waals surface area (Å²) in [5.74, 6) is -0.900. The van der Waals surface area contributed by atoms with Crippen molar-refractivity contribution in [2.75, 3.05) is 13.7 Å². The number of methoxy groups -OCH3 is 1. The minimum absolute atomic E-state index is 0.127. The van der Waals surface area contributed by atoms with Crippen LogP contribution < -0.4 is 9.57 Å². The summed E-state index contributed by atoms with van der Waals surface area (Å²) in [4.78, 5) is 29.3. The third kappa shape index (κ3) is 9.62. The maximum atomic E-state index is 12.8. The first-order chi connectivity index (χ1) is 17.1. The minimum atomic E-state index is -1.12. The highest BCUT2D eigenvalue weighted by atomic mass is 16.8. The molecule has 0 spiro atoms. The third-order valence-electron chi connectivity index (χ3n) is 6.11. The summed E-state index contributed by atoms with van der Waals surface area (Å²) in [6.07, 6.45) is 0.898. The van der Waals surface area contributed by atoms with E-state index in [2.05, 4.69) is 0 Å². The van der Waals surface area contributed by atoms with Crippen molar-refractivity contribution in [2.45, 2.75) is 78.6 Å². The molecule has 1 aromatic heterocycles. The topological polar surface area (TPSA) is 126 Å². The lowest BCUT2D eigenvalue weighted by Crippen LogP contribution is -2.34. The predicted octanol–water partition coefficient (Wildman–Crippen LogP) is 4.99. The van der Waals surface area contributed by atoms with Crippen molar-refractivity contribution < 1.29 is 43.6 Å². The van der Waals surface area contributed by atoms with Crippen molar-refractivity contribution in [2.24, 2.45) is 5.41 Å². The van der Waals surface area contributed by atoms with Gasteiger partial charge in [0.15, 0.2) is 0 Å². The molecule has 0 aliphatic heterocycles. The molecule has 0 amide bonds. The van der Waals surface area contributed by atoms with E-state index in [9.17, 15) is 19.8 Å². The maximum Gasteiger partial charge on any atom is 0.534 e. The van der Waals surface area contributed by atoms with Crippen LogP contribution in [-0.4, -0.2) is 52.0 Å². The van der Waals surface area contributed by atoms with Crippen LogP contribution in [0.4, 0.5) is 4.79 Å². The monoisotopic (exact) mass is 521 g/mol. The van der Waals surface area contributed by atoms with Gasteiger partial charge in [-0.15, -0.1) is 4.73 Å². The van der Waals surface area contributed by atoms with E-state index in [1.165, 1.54) is 0 Å². The molecule has 37 heavy (non-hydrogen) atoms. The van der Waals surface area contributed by atoms with E-state index in [4.69, 9.17) is 23.8 Å². The Hall–Kier alpha value is -3.24. The van der Waals surface area contributed by atoms with Crippen LogP contribution in [0.2, 0.25) is 0 Å². The van der Waals surface area contributed by atoms with Gasteiger partial charge in [0.1, 0.15) is 12.4 Å². The average molecular weight is 522 g/mol. The van der Waals surface area contributed by atoms with Crippen LogP contribution in [0.5, 0.6) is 17.5 Å². The normalized spacial score (nSPS) is 12.3. The second kappa shape index (κ2) is 12.3. The van der Waals surface area contributed by atoms with Crippen LogP contribution in [-0.2, 0) is 25.6 Å². The van der Waals surface area contributed by atoms with E-state index >= 15 is 0 Å². The number of hydrogen-bond acceptors (Lipinski definition) is 9. The first-order valence-electron chi connectivity index (χ1n) is 12.1. The number of hydrogen-bond donors (Lipinski definition) is 2. The molecule has 206 valence electrons. The lowest BCUT2D eigenvalue weighted by atomic mass is 9.84. The number of ether oxygens (including phenoxy) is 4. The molecule has 0 fully saturated rings. The highest BCUT2D eigenvalue weighted by molar-refractivity contribution is 5.78. The molecule has 0 saturated heterocycles. The molecule has 10 nitrogen and oxygen atoms in total. The largest absolute Gasteiger partial charge is 0.534 e. The van der Waals surface area contributed by atoms with Crippen LogP contribution in [0.1, 0.15) is 66.4 Å². The van der Waals surface area contributed by atoms with Gasteiger partial charge in [0.05, 0.1) is 23.2 Å². The Morgan fingerprint density at radius 2 is 1.43 bits per heavy atom. The number of nitrogens with zero attached hydrogens (tertiary/aromatic N) is 1. The van der Waals surface area contributed by atoms with E-state index in [0.717, 1.165) is 18.6 Å². The van der Waals surface area contributed by atoms with Gasteiger partial charge in [-0.25, -0.2) is 4.79 Å². The van der Waals surface area contributed by atoms with Crippen LogP contribution in [0, 0.1) is 5.41 Å². The Bertz CT molecular complexity index is 1020. The second-order valence-electron chi connectivity index (χ2n) is 10.7. The molecular formula is C27H39NO9. The van der Waals surface area contributed by atoms with Crippen molar-refractivity contribution in [3.8, 4) is 17.5 Å². The lowest BCUT2D eigenvalue weighted by molar-refractivity contribution is -0.145. The Morgan fingerprint density at radius 3 is 2.00 bits per heavy atom. The van der Waals surface area contributed by atoms with E-state index in [1.807, 2.05) is 41.5 Å². The Labute approximate surface area is 218 Å². The van der Waals surface area contributed by atoms with Crippen LogP contribution >= 0.6 is 0 Å². The number of esters is 1. The number of aromatic nitrogens is 1. The Kier molecular flexibility index (Phi) is 10.00. The van der Waals surface area contributed by atoms with Gasteiger partial charge in [-0.1, -0.05) is 12.1 Å². The Balaban J connectivity index is 1.81. The fourth-order valence-corrected chi connectivity index (χ4v) is 3.10. The fourth-order valence-electron chi connectivity index (χ4n) is 3.10. The zero-order chi connectivity index (χ0) is 27.9. The molecule has 10 heteroatoms. The molecule has 2 rings (SSSR count). The first-order valence-corrected chi connectivity index (χ1v) is 12.1. The minimum Gasteiger partial charge on any atom is -0.492 e. The van der Waals surface area contributed by atoms with E-state index in [-0.39, 0.29) is 18.2 Å². The van der Waals surface area contributed by atoms with E-state index in [1.54, 1.807) is 31.4 Å². The zero-order valence-electron chi connectivity index (χ0n) is 22.7. The highest BCUT2D eigenvalue weighted by Crippen LogP contribution is 2.31. The molecule has 2 aromatic rings. The van der Waals surface area contributed by atoms with Gasteiger partial charge in [0.25, 0.3) is 0 Å². The molecule has 0 aliphatic rings. The maximum absolute atomic E-state index is 12.8. The molecule has 0 aliphatic carbocycles. The van der Waals surface area contributed by atoms with Crippen molar-refractivity contribution in [1.29, 1.82) is 0 Å². The van der Waals surface area contributed by atoms with Gasteiger partial charge in [-0.05, 0) is 78.5 Å². The summed E-state index contributed by atoms with van der Waals surface area (Å²) in [6.45, 7) is 12.2. The van der Waals surface area contributed by atoms with Crippen molar-refractivity contribution in [3.63, 3.8) is 0 Å². The summed E-state index contributed by atoms with van der Waals surface area (Å²) in [7, 11) is 1.68. The smallest absolute Gasteiger partial charge is 0.492 e. The van der Waals surface area contributed by atoms with Crippen LogP contribution in [0.25, 0.3) is 0 Å². The molecule has 0 unspecified atom stereocenters. The van der Waals surface area contributed by atoms with Gasteiger partial charge >= 0.3 is 12.1 Å². The highest BCUT2D eigenvalue weighted by Gasteiger charge is 2.33. The number of carbonyl (C=O) groups is 2. The second-order valence-corrected chi connectivity index (χ2v) is 10.7. The van der Waals surface area contributed by atoms with E-state index in [0.29, 0.717) is 35.5 Å². The zero-order valence-corrected chi connectivity index (χ0v) is 22.7. The van der Waals surface area contributed by atoms with E-state index < -0.39 is 28.9 Å².